The van der Waals surface area contributed by atoms with Gasteiger partial charge in [-0.2, -0.15) is 0 Å². The van der Waals surface area contributed by atoms with Crippen molar-refractivity contribution in [1.29, 1.82) is 0 Å². The maximum atomic E-state index is 12.1. The van der Waals surface area contributed by atoms with E-state index in [9.17, 15) is 4.79 Å². The van der Waals surface area contributed by atoms with E-state index in [1.54, 1.807) is 0 Å². The van der Waals surface area contributed by atoms with Crippen LogP contribution >= 0.6 is 0 Å². The highest BCUT2D eigenvalue weighted by Crippen LogP contribution is 2.21. The van der Waals surface area contributed by atoms with Gasteiger partial charge in [-0.15, -0.1) is 0 Å². The Bertz CT molecular complexity index is 252. The summed E-state index contributed by atoms with van der Waals surface area (Å²) in [7, 11) is 0. The van der Waals surface area contributed by atoms with Gasteiger partial charge in [-0.1, -0.05) is 20.8 Å². The van der Waals surface area contributed by atoms with Gasteiger partial charge >= 0.3 is 0 Å². The lowest BCUT2D eigenvalue weighted by atomic mass is 9.88. The summed E-state index contributed by atoms with van der Waals surface area (Å²) >= 11 is 0. The van der Waals surface area contributed by atoms with Crippen LogP contribution in [-0.2, 0) is 9.53 Å². The third-order valence-corrected chi connectivity index (χ3v) is 4.00. The zero-order valence-corrected chi connectivity index (χ0v) is 11.3. The van der Waals surface area contributed by atoms with Gasteiger partial charge in [0, 0.05) is 31.2 Å². The quantitative estimate of drug-likeness (QED) is 0.763. The van der Waals surface area contributed by atoms with Gasteiger partial charge in [0.2, 0.25) is 5.91 Å². The number of carbonyl (C=O) groups is 1. The van der Waals surface area contributed by atoms with Gasteiger partial charge in [0.15, 0.2) is 0 Å². The Hall–Kier alpha value is -0.610. The van der Waals surface area contributed by atoms with E-state index in [2.05, 4.69) is 26.1 Å². The molecular weight excluding hydrogens is 216 g/mol. The highest BCUT2D eigenvalue weighted by Gasteiger charge is 2.29. The number of rotatable bonds is 5. The molecule has 4 nitrogen and oxygen atoms in total. The van der Waals surface area contributed by atoms with Gasteiger partial charge in [0.1, 0.15) is 0 Å². The highest BCUT2D eigenvalue weighted by molar-refractivity contribution is 5.79. The molecule has 1 aliphatic rings. The third-order valence-electron chi connectivity index (χ3n) is 4.00. The van der Waals surface area contributed by atoms with Crippen LogP contribution in [0.15, 0.2) is 0 Å². The van der Waals surface area contributed by atoms with Crippen molar-refractivity contribution in [3.05, 3.63) is 0 Å². The summed E-state index contributed by atoms with van der Waals surface area (Å²) in [6, 6.07) is 0. The van der Waals surface area contributed by atoms with Crippen LogP contribution in [0.3, 0.4) is 0 Å². The van der Waals surface area contributed by atoms with E-state index in [1.807, 2.05) is 0 Å². The second-order valence-electron chi connectivity index (χ2n) is 5.23. The van der Waals surface area contributed by atoms with Crippen molar-refractivity contribution in [2.45, 2.75) is 45.6 Å². The maximum Gasteiger partial charge on any atom is 0.223 e. The molecule has 4 heteroatoms. The van der Waals surface area contributed by atoms with Crippen LogP contribution in [0.2, 0.25) is 0 Å². The summed E-state index contributed by atoms with van der Waals surface area (Å²) in [5.74, 6) is 0.526. The second-order valence-corrected chi connectivity index (χ2v) is 5.23. The minimum Gasteiger partial charge on any atom is -0.381 e. The van der Waals surface area contributed by atoms with Gasteiger partial charge in [-0.05, 0) is 25.2 Å². The Balaban J connectivity index is 2.43. The first kappa shape index (κ1) is 14.5. The fourth-order valence-corrected chi connectivity index (χ4v) is 2.16. The summed E-state index contributed by atoms with van der Waals surface area (Å²) < 4.78 is 5.35. The van der Waals surface area contributed by atoms with E-state index < -0.39 is 0 Å². The molecule has 1 amide bonds. The van der Waals surface area contributed by atoms with Crippen molar-refractivity contribution in [2.75, 3.05) is 19.8 Å². The topological polar surface area (TPSA) is 64.3 Å². The van der Waals surface area contributed by atoms with Crippen molar-refractivity contribution >= 4 is 5.91 Å². The second kappa shape index (κ2) is 6.36. The van der Waals surface area contributed by atoms with Crippen molar-refractivity contribution in [3.8, 4) is 0 Å². The Labute approximate surface area is 104 Å². The molecule has 1 aliphatic heterocycles. The van der Waals surface area contributed by atoms with Gasteiger partial charge in [-0.3, -0.25) is 4.79 Å². The van der Waals surface area contributed by atoms with E-state index in [0.29, 0.717) is 25.7 Å². The van der Waals surface area contributed by atoms with Gasteiger partial charge in [-0.25, -0.2) is 0 Å². The first-order valence-electron chi connectivity index (χ1n) is 6.66. The monoisotopic (exact) mass is 242 g/mol. The minimum atomic E-state index is -0.260. The largest absolute Gasteiger partial charge is 0.381 e. The van der Waals surface area contributed by atoms with Crippen LogP contribution in [0.25, 0.3) is 0 Å². The predicted molar refractivity (Wildman–Crippen MR) is 68.6 cm³/mol. The van der Waals surface area contributed by atoms with E-state index in [1.165, 1.54) is 0 Å². The first-order valence-corrected chi connectivity index (χ1v) is 6.66. The Morgan fingerprint density at radius 2 is 2.12 bits per heavy atom. The summed E-state index contributed by atoms with van der Waals surface area (Å²) in [5.41, 5.74) is 5.91. The molecule has 3 N–H and O–H groups in total. The molecule has 0 saturated carbocycles. The lowest BCUT2D eigenvalue weighted by Gasteiger charge is -2.31. The molecule has 17 heavy (non-hydrogen) atoms. The molecule has 0 spiro atoms. The Morgan fingerprint density at radius 3 is 2.65 bits per heavy atom. The van der Waals surface area contributed by atoms with E-state index in [4.69, 9.17) is 10.5 Å². The lowest BCUT2D eigenvalue weighted by Crippen LogP contribution is -2.51. The molecule has 0 aromatic carbocycles. The molecule has 0 aromatic rings. The molecule has 1 saturated heterocycles. The molecule has 1 heterocycles. The number of amides is 1. The van der Waals surface area contributed by atoms with Gasteiger partial charge < -0.3 is 15.8 Å². The summed E-state index contributed by atoms with van der Waals surface area (Å²) in [6.07, 6.45) is 2.59. The molecule has 1 rings (SSSR count). The molecular formula is C13H26N2O2. The zero-order valence-electron chi connectivity index (χ0n) is 11.3. The molecule has 0 aromatic heterocycles. The lowest BCUT2D eigenvalue weighted by molar-refractivity contribution is -0.130. The number of nitrogens with two attached hydrogens (primary N) is 1. The number of carbonyl (C=O) groups excluding carboxylic acids is 1. The zero-order chi connectivity index (χ0) is 12.9. The van der Waals surface area contributed by atoms with Crippen molar-refractivity contribution in [3.63, 3.8) is 0 Å². The molecule has 100 valence electrons. The van der Waals surface area contributed by atoms with Crippen LogP contribution in [0.1, 0.15) is 40.0 Å². The highest BCUT2D eigenvalue weighted by atomic mass is 16.5. The normalized spacial score (nSPS) is 25.6. The Morgan fingerprint density at radius 1 is 1.47 bits per heavy atom. The summed E-state index contributed by atoms with van der Waals surface area (Å²) in [5, 5.41) is 3.01. The van der Waals surface area contributed by atoms with Crippen LogP contribution in [-0.4, -0.2) is 31.2 Å². The van der Waals surface area contributed by atoms with Gasteiger partial charge in [0.05, 0.1) is 0 Å². The Kier molecular flexibility index (Phi) is 5.40. The summed E-state index contributed by atoms with van der Waals surface area (Å²) in [6.45, 7) is 8.15. The minimum absolute atomic E-state index is 0.0849. The van der Waals surface area contributed by atoms with Crippen molar-refractivity contribution < 1.29 is 9.53 Å². The fraction of sp³-hybridized carbons (Fsp3) is 0.923. The molecule has 0 bridgehead atoms. The van der Waals surface area contributed by atoms with Crippen LogP contribution < -0.4 is 11.1 Å². The molecule has 1 fully saturated rings. The van der Waals surface area contributed by atoms with E-state index in [-0.39, 0.29) is 17.4 Å². The summed E-state index contributed by atoms with van der Waals surface area (Å²) in [4.78, 5) is 12.1. The number of ether oxygens (including phenoxy) is 1. The number of hydrogen-bond acceptors (Lipinski definition) is 3. The first-order chi connectivity index (χ1) is 8.02. The fourth-order valence-electron chi connectivity index (χ4n) is 2.16. The van der Waals surface area contributed by atoms with Crippen LogP contribution in [0, 0.1) is 11.8 Å². The molecule has 2 unspecified atom stereocenters. The predicted octanol–water partition coefficient (Wildman–Crippen LogP) is 1.29. The average Bonchev–Trinajstić information content (AvgIpc) is 2.36. The molecule has 2 atom stereocenters. The van der Waals surface area contributed by atoms with Crippen molar-refractivity contribution in [2.24, 2.45) is 17.6 Å². The molecule has 0 aliphatic carbocycles. The average molecular weight is 242 g/mol. The van der Waals surface area contributed by atoms with Gasteiger partial charge in [0.25, 0.3) is 0 Å². The molecule has 0 radical (unpaired) electrons. The van der Waals surface area contributed by atoms with Crippen LogP contribution in [0.4, 0.5) is 0 Å². The smallest absolute Gasteiger partial charge is 0.223 e. The number of hydrogen-bond donors (Lipinski definition) is 2. The van der Waals surface area contributed by atoms with E-state index in [0.717, 1.165) is 19.3 Å². The van der Waals surface area contributed by atoms with Crippen LogP contribution in [0.5, 0.6) is 0 Å². The SMILES string of the molecule is CCC(N)(CC)CNC(=O)C1CCOCC1C. The number of nitrogens with one attached hydrogen (secondary N) is 1. The van der Waals surface area contributed by atoms with Crippen molar-refractivity contribution in [1.82, 2.24) is 5.32 Å². The maximum absolute atomic E-state index is 12.1. The van der Waals surface area contributed by atoms with E-state index >= 15 is 0 Å². The third kappa shape index (κ3) is 3.96. The standard InChI is InChI=1S/C13H26N2O2/c1-4-13(14,5-2)9-15-12(16)11-6-7-17-8-10(11)3/h10-11H,4-9,14H2,1-3H3,(H,15,16).